The molecular weight excluding hydrogens is 285 g/mol. The van der Waals surface area contributed by atoms with Crippen molar-refractivity contribution in [3.8, 4) is 0 Å². The van der Waals surface area contributed by atoms with Gasteiger partial charge in [0, 0.05) is 18.8 Å². The van der Waals surface area contributed by atoms with Crippen LogP contribution in [0.5, 0.6) is 0 Å². The maximum Gasteiger partial charge on any atom is 0.226 e. The molecular formula is C13H19Cl2N3O. The van der Waals surface area contributed by atoms with Gasteiger partial charge in [-0.25, -0.2) is 0 Å². The molecule has 0 saturated heterocycles. The zero-order valence-corrected chi connectivity index (χ0v) is 12.9. The van der Waals surface area contributed by atoms with Crippen LogP contribution in [-0.4, -0.2) is 26.6 Å². The van der Waals surface area contributed by atoms with Crippen molar-refractivity contribution >= 4 is 29.1 Å². The summed E-state index contributed by atoms with van der Waals surface area (Å²) in [6, 6.07) is 2.05. The average Bonchev–Trinajstić information content (AvgIpc) is 2.82. The quantitative estimate of drug-likeness (QED) is 0.849. The molecule has 0 spiro atoms. The van der Waals surface area contributed by atoms with E-state index < -0.39 is 4.33 Å². The fourth-order valence-corrected chi connectivity index (χ4v) is 2.62. The molecule has 2 rings (SSSR count). The Balaban J connectivity index is 1.77. The molecule has 1 aromatic rings. The van der Waals surface area contributed by atoms with Crippen molar-refractivity contribution in [1.29, 1.82) is 0 Å². The number of amides is 1. The van der Waals surface area contributed by atoms with Gasteiger partial charge in [-0.3, -0.25) is 9.48 Å². The first kappa shape index (κ1) is 14.7. The van der Waals surface area contributed by atoms with E-state index in [2.05, 4.69) is 17.3 Å². The number of aromatic nitrogens is 2. The second kappa shape index (κ2) is 5.33. The van der Waals surface area contributed by atoms with Gasteiger partial charge in [-0.15, -0.1) is 23.2 Å². The Kier molecular flexibility index (Phi) is 4.11. The standard InChI is InChI=1S/C13H19Cl2N3O/c1-8(7-18-10(3)4-9(2)17-18)6-16-12(19)11-5-13(11,14)15/h4,8,11H,5-7H2,1-3H3,(H,16,19). The van der Waals surface area contributed by atoms with Gasteiger partial charge >= 0.3 is 0 Å². The number of aryl methyl sites for hydroxylation is 2. The fraction of sp³-hybridized carbons (Fsp3) is 0.692. The molecule has 0 bridgehead atoms. The number of carbonyl (C=O) groups excluding carboxylic acids is 1. The molecule has 4 nitrogen and oxygen atoms in total. The summed E-state index contributed by atoms with van der Waals surface area (Å²) in [6.45, 7) is 7.49. The minimum absolute atomic E-state index is 0.0507. The second-order valence-electron chi connectivity index (χ2n) is 5.48. The number of hydrogen-bond acceptors (Lipinski definition) is 2. The molecule has 1 aromatic heterocycles. The van der Waals surface area contributed by atoms with Crippen molar-refractivity contribution in [1.82, 2.24) is 15.1 Å². The van der Waals surface area contributed by atoms with Gasteiger partial charge in [0.2, 0.25) is 5.91 Å². The van der Waals surface area contributed by atoms with Crippen LogP contribution in [0.15, 0.2) is 6.07 Å². The van der Waals surface area contributed by atoms with E-state index >= 15 is 0 Å². The first-order chi connectivity index (χ1) is 8.79. The lowest BCUT2D eigenvalue weighted by molar-refractivity contribution is -0.122. The predicted molar refractivity (Wildman–Crippen MR) is 76.4 cm³/mol. The summed E-state index contributed by atoms with van der Waals surface area (Å²) in [6.07, 6.45) is 0.549. The van der Waals surface area contributed by atoms with Crippen molar-refractivity contribution in [2.24, 2.45) is 11.8 Å². The number of nitrogens with zero attached hydrogens (tertiary/aromatic N) is 2. The predicted octanol–water partition coefficient (Wildman–Crippen LogP) is 2.45. The first-order valence-corrected chi connectivity index (χ1v) is 7.22. The van der Waals surface area contributed by atoms with E-state index in [0.29, 0.717) is 18.9 Å². The topological polar surface area (TPSA) is 46.9 Å². The normalized spacial score (nSPS) is 22.1. The molecule has 19 heavy (non-hydrogen) atoms. The molecule has 1 aliphatic carbocycles. The van der Waals surface area contributed by atoms with Gasteiger partial charge in [-0.1, -0.05) is 6.92 Å². The number of halogens is 2. The van der Waals surface area contributed by atoms with Crippen molar-refractivity contribution in [3.63, 3.8) is 0 Å². The average molecular weight is 304 g/mol. The number of alkyl halides is 2. The summed E-state index contributed by atoms with van der Waals surface area (Å²) in [7, 11) is 0. The Labute approximate surface area is 123 Å². The molecule has 2 unspecified atom stereocenters. The molecule has 2 atom stereocenters. The van der Waals surface area contributed by atoms with Crippen LogP contribution in [0.25, 0.3) is 0 Å². The first-order valence-electron chi connectivity index (χ1n) is 6.46. The van der Waals surface area contributed by atoms with Crippen LogP contribution in [0.4, 0.5) is 0 Å². The SMILES string of the molecule is Cc1cc(C)n(CC(C)CNC(=O)C2CC2(Cl)Cl)n1. The molecule has 1 amide bonds. The van der Waals surface area contributed by atoms with Crippen LogP contribution in [0.1, 0.15) is 24.7 Å². The third-order valence-corrected chi connectivity index (χ3v) is 4.19. The van der Waals surface area contributed by atoms with Crippen LogP contribution >= 0.6 is 23.2 Å². The Morgan fingerprint density at radius 1 is 1.63 bits per heavy atom. The highest BCUT2D eigenvalue weighted by atomic mass is 35.5. The minimum Gasteiger partial charge on any atom is -0.355 e. The van der Waals surface area contributed by atoms with Crippen molar-refractivity contribution in [2.45, 2.75) is 38.1 Å². The Hall–Kier alpha value is -0.740. The number of rotatable bonds is 5. The summed E-state index contributed by atoms with van der Waals surface area (Å²) in [5.74, 6) is 0.00249. The van der Waals surface area contributed by atoms with E-state index in [9.17, 15) is 4.79 Å². The summed E-state index contributed by atoms with van der Waals surface area (Å²) >= 11 is 11.7. The molecule has 1 N–H and O–H groups in total. The molecule has 0 radical (unpaired) electrons. The van der Waals surface area contributed by atoms with Gasteiger partial charge in [0.15, 0.2) is 0 Å². The van der Waals surface area contributed by atoms with Crippen LogP contribution in [0.2, 0.25) is 0 Å². The van der Waals surface area contributed by atoms with Crippen molar-refractivity contribution < 1.29 is 4.79 Å². The molecule has 0 aromatic carbocycles. The maximum atomic E-state index is 11.7. The highest BCUT2D eigenvalue weighted by Crippen LogP contribution is 2.53. The minimum atomic E-state index is -0.844. The third kappa shape index (κ3) is 3.63. The fourth-order valence-electron chi connectivity index (χ4n) is 2.12. The highest BCUT2D eigenvalue weighted by Gasteiger charge is 2.56. The van der Waals surface area contributed by atoms with Crippen LogP contribution in [-0.2, 0) is 11.3 Å². The van der Waals surface area contributed by atoms with Crippen molar-refractivity contribution in [2.75, 3.05) is 6.54 Å². The Morgan fingerprint density at radius 3 is 2.74 bits per heavy atom. The summed E-state index contributed by atoms with van der Waals surface area (Å²) in [4.78, 5) is 11.7. The van der Waals surface area contributed by atoms with E-state index in [0.717, 1.165) is 17.9 Å². The molecule has 1 heterocycles. The lowest BCUT2D eigenvalue weighted by atomic mass is 10.2. The van der Waals surface area contributed by atoms with Crippen LogP contribution in [0.3, 0.4) is 0 Å². The Bertz CT molecular complexity index is 484. The zero-order valence-electron chi connectivity index (χ0n) is 11.4. The molecule has 0 aliphatic heterocycles. The molecule has 1 aliphatic rings. The monoisotopic (exact) mass is 303 g/mol. The lowest BCUT2D eigenvalue weighted by Gasteiger charge is -2.14. The molecule has 1 fully saturated rings. The Morgan fingerprint density at radius 2 is 2.26 bits per heavy atom. The largest absolute Gasteiger partial charge is 0.355 e. The van der Waals surface area contributed by atoms with Gasteiger partial charge in [0.25, 0.3) is 0 Å². The lowest BCUT2D eigenvalue weighted by Crippen LogP contribution is -2.32. The molecule has 106 valence electrons. The van der Waals surface area contributed by atoms with Gasteiger partial charge < -0.3 is 5.32 Å². The summed E-state index contributed by atoms with van der Waals surface area (Å²) in [5, 5.41) is 7.31. The number of carbonyl (C=O) groups is 1. The van der Waals surface area contributed by atoms with E-state index in [-0.39, 0.29) is 11.8 Å². The van der Waals surface area contributed by atoms with Gasteiger partial charge in [-0.2, -0.15) is 5.10 Å². The number of nitrogens with one attached hydrogen (secondary N) is 1. The van der Waals surface area contributed by atoms with Crippen LogP contribution < -0.4 is 5.32 Å². The van der Waals surface area contributed by atoms with E-state index in [4.69, 9.17) is 23.2 Å². The van der Waals surface area contributed by atoms with Gasteiger partial charge in [0.05, 0.1) is 11.6 Å². The number of hydrogen-bond donors (Lipinski definition) is 1. The second-order valence-corrected chi connectivity index (χ2v) is 7.02. The van der Waals surface area contributed by atoms with E-state index in [1.807, 2.05) is 24.6 Å². The van der Waals surface area contributed by atoms with Gasteiger partial charge in [-0.05, 0) is 32.3 Å². The smallest absolute Gasteiger partial charge is 0.226 e. The van der Waals surface area contributed by atoms with Crippen LogP contribution in [0, 0.1) is 25.7 Å². The maximum absolute atomic E-state index is 11.7. The van der Waals surface area contributed by atoms with Gasteiger partial charge in [0.1, 0.15) is 4.33 Å². The summed E-state index contributed by atoms with van der Waals surface area (Å²) in [5.41, 5.74) is 2.15. The van der Waals surface area contributed by atoms with E-state index in [1.54, 1.807) is 0 Å². The highest BCUT2D eigenvalue weighted by molar-refractivity contribution is 6.52. The molecule has 1 saturated carbocycles. The third-order valence-electron chi connectivity index (χ3n) is 3.36. The van der Waals surface area contributed by atoms with Crippen molar-refractivity contribution in [3.05, 3.63) is 17.5 Å². The zero-order chi connectivity index (χ0) is 14.2. The summed E-state index contributed by atoms with van der Waals surface area (Å²) < 4.78 is 1.12. The van der Waals surface area contributed by atoms with E-state index in [1.165, 1.54) is 0 Å². The molecule has 6 heteroatoms.